The zero-order valence-electron chi connectivity index (χ0n) is 18.7. The number of rotatable bonds is 7. The Morgan fingerprint density at radius 1 is 1.00 bits per heavy atom. The highest BCUT2D eigenvalue weighted by Gasteiger charge is 2.17. The van der Waals surface area contributed by atoms with Gasteiger partial charge in [-0.2, -0.15) is 0 Å². The van der Waals surface area contributed by atoms with Gasteiger partial charge in [-0.15, -0.1) is 0 Å². The van der Waals surface area contributed by atoms with Crippen LogP contribution in [0.1, 0.15) is 5.56 Å². The zero-order chi connectivity index (χ0) is 23.3. The Balaban J connectivity index is 1.09. The van der Waals surface area contributed by atoms with E-state index in [-0.39, 0.29) is 11.7 Å². The van der Waals surface area contributed by atoms with E-state index in [4.69, 9.17) is 11.6 Å². The van der Waals surface area contributed by atoms with Crippen LogP contribution in [-0.4, -0.2) is 52.7 Å². The van der Waals surface area contributed by atoms with Crippen LogP contribution in [0.15, 0.2) is 78.0 Å². The molecule has 5 rings (SSSR count). The van der Waals surface area contributed by atoms with E-state index in [0.29, 0.717) is 10.2 Å². The first kappa shape index (κ1) is 22.8. The second kappa shape index (κ2) is 10.5. The minimum absolute atomic E-state index is 0.0641. The van der Waals surface area contributed by atoms with Gasteiger partial charge in [-0.05, 0) is 48.0 Å². The summed E-state index contributed by atoms with van der Waals surface area (Å²) >= 11 is 7.39. The molecular weight excluding hydrogens is 466 g/mol. The maximum absolute atomic E-state index is 12.4. The first-order valence-electron chi connectivity index (χ1n) is 11.3. The van der Waals surface area contributed by atoms with E-state index >= 15 is 0 Å². The number of carbonyl (C=O) groups is 1. The van der Waals surface area contributed by atoms with Crippen LogP contribution in [0, 0.1) is 0 Å². The SMILES string of the molecule is O=C(CSc1nc2ccc(Cl)cc2[nH]1)Nc1ccc(N2CCN(Cc3ccccc3)CC2)cc1. The van der Waals surface area contributed by atoms with E-state index < -0.39 is 0 Å². The molecule has 2 N–H and O–H groups in total. The van der Waals surface area contributed by atoms with Gasteiger partial charge in [0.2, 0.25) is 5.91 Å². The van der Waals surface area contributed by atoms with Crippen LogP contribution in [0.25, 0.3) is 11.0 Å². The molecule has 0 spiro atoms. The number of amides is 1. The Hall–Kier alpha value is -3.00. The lowest BCUT2D eigenvalue weighted by atomic mass is 10.2. The quantitative estimate of drug-likeness (QED) is 0.345. The number of aromatic amines is 1. The van der Waals surface area contributed by atoms with Crippen LogP contribution in [-0.2, 0) is 11.3 Å². The summed E-state index contributed by atoms with van der Waals surface area (Å²) in [7, 11) is 0. The summed E-state index contributed by atoms with van der Waals surface area (Å²) in [6.45, 7) is 5.08. The molecule has 3 aromatic carbocycles. The summed E-state index contributed by atoms with van der Waals surface area (Å²) in [4.78, 5) is 25.0. The van der Waals surface area contributed by atoms with Crippen molar-refractivity contribution in [1.29, 1.82) is 0 Å². The van der Waals surface area contributed by atoms with Crippen molar-refractivity contribution in [2.75, 3.05) is 42.1 Å². The topological polar surface area (TPSA) is 64.3 Å². The lowest BCUT2D eigenvalue weighted by Crippen LogP contribution is -2.45. The van der Waals surface area contributed by atoms with Gasteiger partial charge in [0.15, 0.2) is 5.16 Å². The van der Waals surface area contributed by atoms with Crippen molar-refractivity contribution in [1.82, 2.24) is 14.9 Å². The largest absolute Gasteiger partial charge is 0.369 e. The summed E-state index contributed by atoms with van der Waals surface area (Å²) in [5, 5.41) is 4.33. The summed E-state index contributed by atoms with van der Waals surface area (Å²) in [5.41, 5.74) is 5.05. The van der Waals surface area contributed by atoms with Crippen LogP contribution in [0.3, 0.4) is 0 Å². The van der Waals surface area contributed by atoms with Gasteiger partial charge >= 0.3 is 0 Å². The highest BCUT2D eigenvalue weighted by molar-refractivity contribution is 7.99. The van der Waals surface area contributed by atoms with Gasteiger partial charge in [0, 0.05) is 49.1 Å². The molecule has 34 heavy (non-hydrogen) atoms. The average Bonchev–Trinajstić information content (AvgIpc) is 3.26. The van der Waals surface area contributed by atoms with Crippen molar-refractivity contribution < 1.29 is 4.79 Å². The van der Waals surface area contributed by atoms with Crippen LogP contribution in [0.4, 0.5) is 11.4 Å². The molecule has 0 unspecified atom stereocenters. The third-order valence-corrected chi connectivity index (χ3v) is 7.01. The second-order valence-corrected chi connectivity index (χ2v) is 9.74. The van der Waals surface area contributed by atoms with Crippen LogP contribution in [0.5, 0.6) is 0 Å². The molecule has 1 aromatic heterocycles. The molecule has 1 aliphatic heterocycles. The monoisotopic (exact) mass is 491 g/mol. The number of hydrogen-bond acceptors (Lipinski definition) is 5. The van der Waals surface area contributed by atoms with Crippen molar-refractivity contribution in [3.63, 3.8) is 0 Å². The standard InChI is InChI=1S/C26H26ClN5OS/c27-20-6-11-23-24(16-20)30-26(29-23)34-18-25(33)28-21-7-9-22(10-8-21)32-14-12-31(13-15-32)17-19-4-2-1-3-5-19/h1-11,16H,12-15,17-18H2,(H,28,33)(H,29,30). The zero-order valence-corrected chi connectivity index (χ0v) is 20.3. The predicted octanol–water partition coefficient (Wildman–Crippen LogP) is 5.27. The molecule has 0 saturated carbocycles. The molecule has 1 aliphatic rings. The van der Waals surface area contributed by atoms with E-state index in [1.807, 2.05) is 24.3 Å². The molecule has 1 saturated heterocycles. The number of carbonyl (C=O) groups excluding carboxylic acids is 1. The molecule has 1 fully saturated rings. The Labute approximate surface area is 208 Å². The lowest BCUT2D eigenvalue weighted by Gasteiger charge is -2.36. The van der Waals surface area contributed by atoms with Crippen molar-refractivity contribution in [2.45, 2.75) is 11.7 Å². The Morgan fingerprint density at radius 3 is 2.53 bits per heavy atom. The smallest absolute Gasteiger partial charge is 0.234 e. The molecule has 0 bridgehead atoms. The predicted molar refractivity (Wildman–Crippen MR) is 141 cm³/mol. The van der Waals surface area contributed by atoms with Crippen LogP contribution in [0.2, 0.25) is 5.02 Å². The first-order valence-corrected chi connectivity index (χ1v) is 12.7. The van der Waals surface area contributed by atoms with Gasteiger partial charge in [0.1, 0.15) is 0 Å². The third-order valence-electron chi connectivity index (χ3n) is 5.90. The number of nitrogens with one attached hydrogen (secondary N) is 2. The molecular formula is C26H26ClN5OS. The molecule has 0 atom stereocenters. The molecule has 174 valence electrons. The fourth-order valence-corrected chi connectivity index (χ4v) is 4.98. The third kappa shape index (κ3) is 5.73. The minimum atomic E-state index is -0.0641. The Morgan fingerprint density at radius 2 is 1.76 bits per heavy atom. The molecule has 8 heteroatoms. The Bertz CT molecular complexity index is 1250. The van der Waals surface area contributed by atoms with Crippen molar-refractivity contribution in [3.8, 4) is 0 Å². The van der Waals surface area contributed by atoms with Gasteiger partial charge in [-0.3, -0.25) is 9.69 Å². The first-order chi connectivity index (χ1) is 16.6. The van der Waals surface area contributed by atoms with E-state index in [9.17, 15) is 4.79 Å². The van der Waals surface area contributed by atoms with Crippen LogP contribution < -0.4 is 10.2 Å². The van der Waals surface area contributed by atoms with E-state index in [2.05, 4.69) is 67.5 Å². The number of fused-ring (bicyclic) bond motifs is 1. The molecule has 2 heterocycles. The molecule has 6 nitrogen and oxygen atoms in total. The normalized spacial score (nSPS) is 14.4. The van der Waals surface area contributed by atoms with Gasteiger partial charge in [-0.25, -0.2) is 4.98 Å². The number of aromatic nitrogens is 2. The lowest BCUT2D eigenvalue weighted by molar-refractivity contribution is -0.113. The number of imidazole rings is 1. The molecule has 0 aliphatic carbocycles. The van der Waals surface area contributed by atoms with Gasteiger partial charge < -0.3 is 15.2 Å². The highest BCUT2D eigenvalue weighted by atomic mass is 35.5. The fraction of sp³-hybridized carbons (Fsp3) is 0.231. The second-order valence-electron chi connectivity index (χ2n) is 8.34. The Kier molecular flexibility index (Phi) is 7.04. The van der Waals surface area contributed by atoms with E-state index in [0.717, 1.165) is 49.4 Å². The molecule has 1 amide bonds. The van der Waals surface area contributed by atoms with Crippen molar-refractivity contribution in [2.24, 2.45) is 0 Å². The van der Waals surface area contributed by atoms with Gasteiger partial charge in [0.25, 0.3) is 0 Å². The van der Waals surface area contributed by atoms with Crippen molar-refractivity contribution >= 4 is 51.7 Å². The maximum atomic E-state index is 12.4. The summed E-state index contributed by atoms with van der Waals surface area (Å²) in [6, 6.07) is 24.2. The van der Waals surface area contributed by atoms with E-state index in [1.165, 1.54) is 23.0 Å². The highest BCUT2D eigenvalue weighted by Crippen LogP contribution is 2.23. The average molecular weight is 492 g/mol. The van der Waals surface area contributed by atoms with E-state index in [1.54, 1.807) is 6.07 Å². The number of benzene rings is 3. The molecule has 0 radical (unpaired) electrons. The van der Waals surface area contributed by atoms with Gasteiger partial charge in [0.05, 0.1) is 16.8 Å². The summed E-state index contributed by atoms with van der Waals surface area (Å²) in [5.74, 6) is 0.212. The number of H-pyrrole nitrogens is 1. The number of halogens is 1. The van der Waals surface area contributed by atoms with Crippen molar-refractivity contribution in [3.05, 3.63) is 83.4 Å². The summed E-state index contributed by atoms with van der Waals surface area (Å²) in [6.07, 6.45) is 0. The maximum Gasteiger partial charge on any atom is 0.234 e. The number of piperazine rings is 1. The van der Waals surface area contributed by atoms with Gasteiger partial charge in [-0.1, -0.05) is 53.7 Å². The summed E-state index contributed by atoms with van der Waals surface area (Å²) < 4.78 is 0. The number of hydrogen-bond donors (Lipinski definition) is 2. The van der Waals surface area contributed by atoms with Crippen LogP contribution >= 0.6 is 23.4 Å². The number of thioether (sulfide) groups is 1. The minimum Gasteiger partial charge on any atom is -0.369 e. The number of nitrogens with zero attached hydrogens (tertiary/aromatic N) is 3. The fourth-order valence-electron chi connectivity index (χ4n) is 4.12. The number of anilines is 2. The molecule has 4 aromatic rings.